The maximum Gasteiger partial charge on any atom is 0.289 e. The van der Waals surface area contributed by atoms with Crippen LogP contribution in [0.5, 0.6) is 0 Å². The molecule has 0 saturated heterocycles. The topological polar surface area (TPSA) is 70.8 Å². The lowest BCUT2D eigenvalue weighted by atomic mass is 10.1. The van der Waals surface area contributed by atoms with Crippen molar-refractivity contribution in [2.24, 2.45) is 0 Å². The Morgan fingerprint density at radius 2 is 1.96 bits per heavy atom. The van der Waals surface area contributed by atoms with E-state index in [-0.39, 0.29) is 23.9 Å². The van der Waals surface area contributed by atoms with E-state index in [1.54, 1.807) is 12.1 Å². The van der Waals surface area contributed by atoms with E-state index in [1.165, 1.54) is 4.90 Å². The van der Waals surface area contributed by atoms with Crippen LogP contribution >= 0.6 is 0 Å². The van der Waals surface area contributed by atoms with Gasteiger partial charge in [-0.25, -0.2) is 0 Å². The minimum atomic E-state index is -0.509. The van der Waals surface area contributed by atoms with E-state index >= 15 is 0 Å². The minimum absolute atomic E-state index is 0.0897. The standard InChI is InChI=1S/C20H21NO4/c1-12(2)21-11-16(19(23)20(21)24)18(22)17-9-8-15(25-17)10-14-7-5-4-6-13(14)3/h4-9,12,23H,10-11H2,1-3H3. The Morgan fingerprint density at radius 3 is 2.60 bits per heavy atom. The molecule has 0 atom stereocenters. The monoisotopic (exact) mass is 339 g/mol. The summed E-state index contributed by atoms with van der Waals surface area (Å²) in [6, 6.07) is 11.2. The SMILES string of the molecule is Cc1ccccc1Cc1ccc(C(=O)C2=C(O)C(=O)N(C(C)C)C2)o1. The van der Waals surface area contributed by atoms with Crippen LogP contribution in [0.3, 0.4) is 0 Å². The van der Waals surface area contributed by atoms with Crippen molar-refractivity contribution >= 4 is 11.7 Å². The van der Waals surface area contributed by atoms with Crippen molar-refractivity contribution in [2.45, 2.75) is 33.2 Å². The zero-order valence-electron chi connectivity index (χ0n) is 14.6. The zero-order chi connectivity index (χ0) is 18.1. The van der Waals surface area contributed by atoms with Gasteiger partial charge in [0, 0.05) is 12.5 Å². The first-order valence-electron chi connectivity index (χ1n) is 8.29. The van der Waals surface area contributed by atoms with Crippen LogP contribution in [0, 0.1) is 6.92 Å². The Bertz CT molecular complexity index is 860. The molecule has 1 aromatic heterocycles. The number of nitrogens with zero attached hydrogens (tertiary/aromatic N) is 1. The van der Waals surface area contributed by atoms with Crippen LogP contribution in [-0.2, 0) is 11.2 Å². The molecule has 0 unspecified atom stereocenters. The van der Waals surface area contributed by atoms with Gasteiger partial charge in [-0.1, -0.05) is 24.3 Å². The molecule has 0 aliphatic carbocycles. The highest BCUT2D eigenvalue weighted by Gasteiger charge is 2.36. The molecular weight excluding hydrogens is 318 g/mol. The Hall–Kier alpha value is -2.82. The van der Waals surface area contributed by atoms with Crippen molar-refractivity contribution in [3.63, 3.8) is 0 Å². The Balaban J connectivity index is 1.80. The number of furan rings is 1. The summed E-state index contributed by atoms with van der Waals surface area (Å²) in [5.74, 6) is -0.614. The predicted octanol–water partition coefficient (Wildman–Crippen LogP) is 3.42. The van der Waals surface area contributed by atoms with Crippen molar-refractivity contribution in [1.29, 1.82) is 0 Å². The number of carbonyl (C=O) groups is 2. The fourth-order valence-electron chi connectivity index (χ4n) is 2.92. The lowest BCUT2D eigenvalue weighted by molar-refractivity contribution is -0.129. The number of Topliss-reactive ketones (excluding diaryl/α,β-unsaturated/α-hetero) is 1. The number of benzene rings is 1. The zero-order valence-corrected chi connectivity index (χ0v) is 14.6. The molecule has 1 aliphatic heterocycles. The van der Waals surface area contributed by atoms with Gasteiger partial charge in [-0.2, -0.15) is 0 Å². The van der Waals surface area contributed by atoms with Gasteiger partial charge in [0.1, 0.15) is 5.76 Å². The van der Waals surface area contributed by atoms with Gasteiger partial charge in [0.15, 0.2) is 11.5 Å². The van der Waals surface area contributed by atoms with E-state index in [2.05, 4.69) is 0 Å². The maximum absolute atomic E-state index is 12.6. The maximum atomic E-state index is 12.6. The molecule has 1 aliphatic rings. The summed E-state index contributed by atoms with van der Waals surface area (Å²) in [7, 11) is 0. The first-order valence-corrected chi connectivity index (χ1v) is 8.29. The van der Waals surface area contributed by atoms with Crippen molar-refractivity contribution in [1.82, 2.24) is 4.90 Å². The number of ketones is 1. The number of hydrogen-bond donors (Lipinski definition) is 1. The molecule has 0 bridgehead atoms. The van der Waals surface area contributed by atoms with Gasteiger partial charge in [0.25, 0.3) is 5.91 Å². The minimum Gasteiger partial charge on any atom is -0.503 e. The number of rotatable bonds is 5. The molecule has 1 N–H and O–H groups in total. The number of aliphatic hydroxyl groups excluding tert-OH is 1. The van der Waals surface area contributed by atoms with Crippen molar-refractivity contribution in [3.8, 4) is 0 Å². The molecule has 0 spiro atoms. The molecule has 25 heavy (non-hydrogen) atoms. The molecule has 1 amide bonds. The molecule has 5 nitrogen and oxygen atoms in total. The fraction of sp³-hybridized carbons (Fsp3) is 0.300. The number of aryl methyl sites for hydroxylation is 1. The van der Waals surface area contributed by atoms with Crippen molar-refractivity contribution < 1.29 is 19.1 Å². The quantitative estimate of drug-likeness (QED) is 0.847. The van der Waals surface area contributed by atoms with E-state index in [0.29, 0.717) is 12.2 Å². The lowest BCUT2D eigenvalue weighted by Gasteiger charge is -2.20. The van der Waals surface area contributed by atoms with Crippen LogP contribution in [0.4, 0.5) is 0 Å². The number of aliphatic hydroxyl groups is 1. The normalized spacial score (nSPS) is 14.7. The summed E-state index contributed by atoms with van der Waals surface area (Å²) in [5.41, 5.74) is 2.37. The smallest absolute Gasteiger partial charge is 0.289 e. The van der Waals surface area contributed by atoms with Crippen LogP contribution in [0.15, 0.2) is 52.1 Å². The molecule has 0 fully saturated rings. The third-order valence-electron chi connectivity index (χ3n) is 4.49. The van der Waals surface area contributed by atoms with E-state index in [4.69, 9.17) is 4.42 Å². The van der Waals surface area contributed by atoms with Gasteiger partial charge in [0.2, 0.25) is 5.78 Å². The Morgan fingerprint density at radius 1 is 1.24 bits per heavy atom. The average Bonchev–Trinajstić information content (AvgIpc) is 3.15. The van der Waals surface area contributed by atoms with E-state index in [9.17, 15) is 14.7 Å². The largest absolute Gasteiger partial charge is 0.503 e. The Kier molecular flexibility index (Phi) is 4.49. The first kappa shape index (κ1) is 17.0. The molecule has 5 heteroatoms. The molecular formula is C20H21NO4. The molecule has 130 valence electrons. The second-order valence-corrected chi connectivity index (χ2v) is 6.55. The molecule has 2 aromatic rings. The summed E-state index contributed by atoms with van der Waals surface area (Å²) < 4.78 is 5.67. The summed E-state index contributed by atoms with van der Waals surface area (Å²) in [6.07, 6.45) is 0.585. The van der Waals surface area contributed by atoms with Crippen LogP contribution in [-0.4, -0.2) is 34.3 Å². The summed E-state index contributed by atoms with van der Waals surface area (Å²) in [4.78, 5) is 26.1. The van der Waals surface area contributed by atoms with Gasteiger partial charge in [-0.05, 0) is 44.0 Å². The Labute approximate surface area is 146 Å². The van der Waals surface area contributed by atoms with Gasteiger partial charge >= 0.3 is 0 Å². The lowest BCUT2D eigenvalue weighted by Crippen LogP contribution is -2.34. The molecule has 0 radical (unpaired) electrons. The molecule has 1 aromatic carbocycles. The van der Waals surface area contributed by atoms with E-state index in [0.717, 1.165) is 11.1 Å². The number of hydrogen-bond acceptors (Lipinski definition) is 4. The average molecular weight is 339 g/mol. The van der Waals surface area contributed by atoms with Gasteiger partial charge < -0.3 is 14.4 Å². The number of carbonyl (C=O) groups excluding carboxylic acids is 2. The second-order valence-electron chi connectivity index (χ2n) is 6.55. The number of amides is 1. The third-order valence-corrected chi connectivity index (χ3v) is 4.49. The van der Waals surface area contributed by atoms with Crippen LogP contribution in [0.1, 0.15) is 41.3 Å². The third kappa shape index (κ3) is 3.22. The molecule has 2 heterocycles. The summed E-state index contributed by atoms with van der Waals surface area (Å²) in [6.45, 7) is 5.81. The van der Waals surface area contributed by atoms with Crippen LogP contribution in [0.25, 0.3) is 0 Å². The second kappa shape index (κ2) is 6.59. The van der Waals surface area contributed by atoms with E-state index < -0.39 is 17.4 Å². The van der Waals surface area contributed by atoms with Gasteiger partial charge in [-0.15, -0.1) is 0 Å². The highest BCUT2D eigenvalue weighted by molar-refractivity contribution is 6.14. The molecule has 3 rings (SSSR count). The highest BCUT2D eigenvalue weighted by atomic mass is 16.3. The van der Waals surface area contributed by atoms with Crippen molar-refractivity contribution in [3.05, 3.63) is 70.4 Å². The first-order chi connectivity index (χ1) is 11.9. The van der Waals surface area contributed by atoms with Crippen molar-refractivity contribution in [2.75, 3.05) is 6.54 Å². The van der Waals surface area contributed by atoms with Crippen LogP contribution < -0.4 is 0 Å². The van der Waals surface area contributed by atoms with Crippen LogP contribution in [0.2, 0.25) is 0 Å². The summed E-state index contributed by atoms with van der Waals surface area (Å²) in [5, 5.41) is 10.0. The van der Waals surface area contributed by atoms with E-state index in [1.807, 2.05) is 45.0 Å². The predicted molar refractivity (Wildman–Crippen MR) is 93.5 cm³/mol. The van der Waals surface area contributed by atoms with Gasteiger partial charge in [0.05, 0.1) is 12.1 Å². The fourth-order valence-corrected chi connectivity index (χ4v) is 2.92. The summed E-state index contributed by atoms with van der Waals surface area (Å²) >= 11 is 0. The van der Waals surface area contributed by atoms with Gasteiger partial charge in [-0.3, -0.25) is 9.59 Å². The highest BCUT2D eigenvalue weighted by Crippen LogP contribution is 2.24. The molecule has 0 saturated carbocycles.